The Labute approximate surface area is 138 Å². The fourth-order valence-corrected chi connectivity index (χ4v) is 1.84. The van der Waals surface area contributed by atoms with Gasteiger partial charge in [0.1, 0.15) is 0 Å². The Morgan fingerprint density at radius 1 is 0.750 bits per heavy atom. The number of esters is 2. The Kier molecular flexibility index (Phi) is 6.91. The Balaban J connectivity index is 3.47. The Hall–Kier alpha value is -2.90. The summed E-state index contributed by atoms with van der Waals surface area (Å²) >= 11 is 0. The molecule has 0 fully saturated rings. The molecule has 0 saturated heterocycles. The zero-order valence-corrected chi connectivity index (χ0v) is 13.3. The van der Waals surface area contributed by atoms with E-state index in [1.165, 1.54) is 0 Å². The molecule has 0 atom stereocenters. The summed E-state index contributed by atoms with van der Waals surface area (Å²) in [6, 6.07) is 1.65. The van der Waals surface area contributed by atoms with Gasteiger partial charge in [0.15, 0.2) is 0 Å². The first-order valence-electron chi connectivity index (χ1n) is 7.32. The molecule has 1 aromatic rings. The van der Waals surface area contributed by atoms with Crippen LogP contribution in [0, 0.1) is 0 Å². The number of benzene rings is 1. The van der Waals surface area contributed by atoms with Crippen LogP contribution in [0.15, 0.2) is 12.1 Å². The molecule has 0 saturated carbocycles. The summed E-state index contributed by atoms with van der Waals surface area (Å²) in [6.07, 6.45) is 1.06. The zero-order valence-electron chi connectivity index (χ0n) is 13.3. The summed E-state index contributed by atoms with van der Waals surface area (Å²) in [5.41, 5.74) is -1.91. The number of carboxylic acids is 2. The summed E-state index contributed by atoms with van der Waals surface area (Å²) in [4.78, 5) is 46.6. The lowest BCUT2D eigenvalue weighted by molar-refractivity contribution is 0.0456. The molecule has 0 aliphatic carbocycles. The van der Waals surface area contributed by atoms with Crippen LogP contribution in [-0.4, -0.2) is 47.3 Å². The number of carboxylic acid groups (broad SMARTS) is 2. The van der Waals surface area contributed by atoms with Gasteiger partial charge in [-0.2, -0.15) is 0 Å². The normalized spacial score (nSPS) is 10.1. The molecule has 0 spiro atoms. The summed E-state index contributed by atoms with van der Waals surface area (Å²) < 4.78 is 9.84. The van der Waals surface area contributed by atoms with E-state index in [1.54, 1.807) is 13.8 Å². The predicted octanol–water partition coefficient (Wildman–Crippen LogP) is 2.22. The highest BCUT2D eigenvalue weighted by atomic mass is 16.5. The van der Waals surface area contributed by atoms with Crippen molar-refractivity contribution < 1.29 is 38.9 Å². The Morgan fingerprint density at radius 2 is 1.08 bits per heavy atom. The minimum absolute atomic E-state index is 0.0748. The zero-order chi connectivity index (χ0) is 18.3. The van der Waals surface area contributed by atoms with Gasteiger partial charge >= 0.3 is 23.9 Å². The smallest absolute Gasteiger partial charge is 0.339 e. The van der Waals surface area contributed by atoms with Crippen molar-refractivity contribution in [3.8, 4) is 0 Å². The van der Waals surface area contributed by atoms with Gasteiger partial charge in [-0.05, 0) is 25.0 Å². The van der Waals surface area contributed by atoms with E-state index in [1.807, 2.05) is 0 Å². The average Bonchev–Trinajstić information content (AvgIpc) is 2.55. The molecule has 8 nitrogen and oxygen atoms in total. The van der Waals surface area contributed by atoms with E-state index in [0.29, 0.717) is 12.8 Å². The SMILES string of the molecule is CCCOC(=O)c1cc(C(=O)O)c(C(=O)O)cc1C(=O)OCCC. The van der Waals surface area contributed by atoms with Crippen LogP contribution in [0.3, 0.4) is 0 Å². The van der Waals surface area contributed by atoms with Crippen molar-refractivity contribution in [2.24, 2.45) is 0 Å². The predicted molar refractivity (Wildman–Crippen MR) is 81.5 cm³/mol. The number of hydrogen-bond donors (Lipinski definition) is 2. The first kappa shape index (κ1) is 19.1. The third-order valence-corrected chi connectivity index (χ3v) is 2.93. The summed E-state index contributed by atoms with van der Waals surface area (Å²) in [6.45, 7) is 3.68. The second-order valence-corrected chi connectivity index (χ2v) is 4.83. The van der Waals surface area contributed by atoms with Crippen molar-refractivity contribution in [2.45, 2.75) is 26.7 Å². The Bertz CT molecular complexity index is 605. The molecule has 0 aliphatic rings. The van der Waals surface area contributed by atoms with Crippen molar-refractivity contribution in [3.05, 3.63) is 34.4 Å². The number of rotatable bonds is 8. The third kappa shape index (κ3) is 4.55. The first-order valence-corrected chi connectivity index (χ1v) is 7.32. The molecule has 0 aromatic heterocycles. The third-order valence-electron chi connectivity index (χ3n) is 2.93. The van der Waals surface area contributed by atoms with Gasteiger partial charge in [0.2, 0.25) is 0 Å². The fraction of sp³-hybridized carbons (Fsp3) is 0.375. The highest BCUT2D eigenvalue weighted by Gasteiger charge is 2.27. The number of hydrogen-bond acceptors (Lipinski definition) is 6. The van der Waals surface area contributed by atoms with Gasteiger partial charge in [0, 0.05) is 0 Å². The quantitative estimate of drug-likeness (QED) is 0.691. The largest absolute Gasteiger partial charge is 0.478 e. The summed E-state index contributed by atoms with van der Waals surface area (Å²) in [7, 11) is 0. The van der Waals surface area contributed by atoms with Crippen LogP contribution >= 0.6 is 0 Å². The van der Waals surface area contributed by atoms with Crippen LogP contribution in [0.5, 0.6) is 0 Å². The molecule has 8 heteroatoms. The number of ether oxygens (including phenoxy) is 2. The standard InChI is InChI=1S/C16H18O8/c1-3-5-23-15(21)11-7-9(13(17)18)10(14(19)20)8-12(11)16(22)24-6-4-2/h7-8H,3-6H2,1-2H3,(H,17,18)(H,19,20). The molecule has 1 rings (SSSR count). The van der Waals surface area contributed by atoms with E-state index in [0.717, 1.165) is 12.1 Å². The topological polar surface area (TPSA) is 127 Å². The van der Waals surface area contributed by atoms with E-state index in [-0.39, 0.29) is 24.3 Å². The van der Waals surface area contributed by atoms with Gasteiger partial charge < -0.3 is 19.7 Å². The monoisotopic (exact) mass is 338 g/mol. The van der Waals surface area contributed by atoms with Crippen molar-refractivity contribution in [3.63, 3.8) is 0 Å². The molecule has 0 heterocycles. The lowest BCUT2D eigenvalue weighted by Gasteiger charge is -2.12. The van der Waals surface area contributed by atoms with Crippen molar-refractivity contribution >= 4 is 23.9 Å². The van der Waals surface area contributed by atoms with Gasteiger partial charge in [-0.25, -0.2) is 19.2 Å². The van der Waals surface area contributed by atoms with Crippen LogP contribution in [0.1, 0.15) is 68.1 Å². The van der Waals surface area contributed by atoms with E-state index >= 15 is 0 Å². The average molecular weight is 338 g/mol. The van der Waals surface area contributed by atoms with Crippen molar-refractivity contribution in [1.82, 2.24) is 0 Å². The van der Waals surface area contributed by atoms with Crippen molar-refractivity contribution in [2.75, 3.05) is 13.2 Å². The molecule has 0 amide bonds. The van der Waals surface area contributed by atoms with Gasteiger partial charge in [-0.3, -0.25) is 0 Å². The molecule has 0 radical (unpaired) electrons. The molecule has 1 aromatic carbocycles. The maximum Gasteiger partial charge on any atom is 0.339 e. The molecule has 130 valence electrons. The highest BCUT2D eigenvalue weighted by molar-refractivity contribution is 6.09. The minimum atomic E-state index is -1.54. The molecule has 24 heavy (non-hydrogen) atoms. The fourth-order valence-electron chi connectivity index (χ4n) is 1.84. The van der Waals surface area contributed by atoms with E-state index in [2.05, 4.69) is 0 Å². The maximum atomic E-state index is 12.1. The van der Waals surface area contributed by atoms with Crippen LogP contribution in [0.2, 0.25) is 0 Å². The molecular formula is C16H18O8. The van der Waals surface area contributed by atoms with Gasteiger partial charge in [0.25, 0.3) is 0 Å². The molecule has 0 aliphatic heterocycles. The van der Waals surface area contributed by atoms with Crippen LogP contribution in [0.4, 0.5) is 0 Å². The second kappa shape index (κ2) is 8.66. The summed E-state index contributed by atoms with van der Waals surface area (Å²) in [5.74, 6) is -4.91. The maximum absolute atomic E-state index is 12.1. The lowest BCUT2D eigenvalue weighted by Crippen LogP contribution is -2.19. The number of carbonyl (C=O) groups is 4. The molecule has 0 bridgehead atoms. The van der Waals surface area contributed by atoms with Crippen LogP contribution in [0.25, 0.3) is 0 Å². The summed E-state index contributed by atoms with van der Waals surface area (Å²) in [5, 5.41) is 18.3. The molecule has 0 unspecified atom stereocenters. The first-order chi connectivity index (χ1) is 11.3. The number of carbonyl (C=O) groups excluding carboxylic acids is 2. The molecular weight excluding hydrogens is 320 g/mol. The van der Waals surface area contributed by atoms with E-state index in [9.17, 15) is 19.2 Å². The van der Waals surface area contributed by atoms with Crippen LogP contribution in [-0.2, 0) is 9.47 Å². The van der Waals surface area contributed by atoms with Gasteiger partial charge in [-0.1, -0.05) is 13.8 Å². The minimum Gasteiger partial charge on any atom is -0.478 e. The van der Waals surface area contributed by atoms with Gasteiger partial charge in [-0.15, -0.1) is 0 Å². The number of aromatic carboxylic acids is 2. The van der Waals surface area contributed by atoms with E-state index < -0.39 is 35.0 Å². The van der Waals surface area contributed by atoms with Crippen molar-refractivity contribution in [1.29, 1.82) is 0 Å². The van der Waals surface area contributed by atoms with Gasteiger partial charge in [0.05, 0.1) is 35.5 Å². The highest BCUT2D eigenvalue weighted by Crippen LogP contribution is 2.20. The van der Waals surface area contributed by atoms with Crippen LogP contribution < -0.4 is 0 Å². The lowest BCUT2D eigenvalue weighted by atomic mass is 9.98. The molecule has 2 N–H and O–H groups in total. The second-order valence-electron chi connectivity index (χ2n) is 4.83. The van der Waals surface area contributed by atoms with E-state index in [4.69, 9.17) is 19.7 Å². The Morgan fingerprint density at radius 3 is 1.33 bits per heavy atom.